The van der Waals surface area contributed by atoms with E-state index in [0.717, 1.165) is 70.8 Å². The first kappa shape index (κ1) is 28.1. The van der Waals surface area contributed by atoms with E-state index < -0.39 is 5.97 Å². The van der Waals surface area contributed by atoms with E-state index in [2.05, 4.69) is 13.8 Å². The van der Waals surface area contributed by atoms with Crippen molar-refractivity contribution in [3.63, 3.8) is 0 Å². The topological polar surface area (TPSA) is 83.8 Å². The van der Waals surface area contributed by atoms with Crippen molar-refractivity contribution in [3.8, 4) is 0 Å². The number of carboxylic acid groups (broad SMARTS) is 1. The van der Waals surface area contributed by atoms with Crippen molar-refractivity contribution in [3.05, 3.63) is 0 Å². The Kier molecular flexibility index (Phi) is 9.58. The van der Waals surface area contributed by atoms with Gasteiger partial charge in [-0.3, -0.25) is 9.59 Å². The summed E-state index contributed by atoms with van der Waals surface area (Å²) < 4.78 is 6.76. The van der Waals surface area contributed by atoms with Gasteiger partial charge in [0.15, 0.2) is 0 Å². The molecule has 0 aromatic carbocycles. The number of carbonyl (C=O) groups is 2. The van der Waals surface area contributed by atoms with E-state index in [1.54, 1.807) is 0 Å². The SMILES string of the molecule is C[C@]12CCC(=O)C[C@@H]1CC[C@@H]1[C@@H]2[C@@H](OCCCCCCCCCCCC(=O)O)C[C@]2(C)[C@@H](O)CC[C@@H]12. The first-order valence-corrected chi connectivity index (χ1v) is 15.3. The lowest BCUT2D eigenvalue weighted by Crippen LogP contribution is -2.60. The van der Waals surface area contributed by atoms with Crippen molar-refractivity contribution in [2.24, 2.45) is 34.5 Å². The van der Waals surface area contributed by atoms with Gasteiger partial charge < -0.3 is 14.9 Å². The molecule has 36 heavy (non-hydrogen) atoms. The van der Waals surface area contributed by atoms with Crippen LogP contribution in [0.25, 0.3) is 0 Å². The Bertz CT molecular complexity index is 751. The summed E-state index contributed by atoms with van der Waals surface area (Å²) in [6.07, 6.45) is 18.6. The smallest absolute Gasteiger partial charge is 0.303 e. The second-order valence-corrected chi connectivity index (χ2v) is 13.4. The number of ketones is 1. The zero-order chi connectivity index (χ0) is 25.8. The summed E-state index contributed by atoms with van der Waals surface area (Å²) >= 11 is 0. The molecular weight excluding hydrogens is 452 g/mol. The fourth-order valence-corrected chi connectivity index (χ4v) is 9.12. The maximum atomic E-state index is 12.3. The summed E-state index contributed by atoms with van der Waals surface area (Å²) in [6, 6.07) is 0. The maximum absolute atomic E-state index is 12.3. The summed E-state index contributed by atoms with van der Waals surface area (Å²) in [7, 11) is 0. The molecule has 4 fully saturated rings. The number of rotatable bonds is 13. The molecule has 0 bridgehead atoms. The molecule has 0 aromatic rings. The molecule has 4 saturated carbocycles. The zero-order valence-electron chi connectivity index (χ0n) is 23.0. The first-order valence-electron chi connectivity index (χ1n) is 15.3. The summed E-state index contributed by atoms with van der Waals surface area (Å²) in [6.45, 7) is 5.63. The van der Waals surface area contributed by atoms with Gasteiger partial charge in [-0.1, -0.05) is 58.8 Å². The number of Topliss-reactive ketones (excluding diaryl/α,β-unsaturated/α-hetero) is 1. The Morgan fingerprint density at radius 2 is 1.58 bits per heavy atom. The third-order valence-electron chi connectivity index (χ3n) is 11.2. The van der Waals surface area contributed by atoms with Gasteiger partial charge in [0.1, 0.15) is 5.78 Å². The van der Waals surface area contributed by atoms with Crippen LogP contribution in [0.4, 0.5) is 0 Å². The number of carbonyl (C=O) groups excluding carboxylic acids is 1. The summed E-state index contributed by atoms with van der Waals surface area (Å²) in [4.78, 5) is 22.9. The van der Waals surface area contributed by atoms with Crippen molar-refractivity contribution in [1.29, 1.82) is 0 Å². The van der Waals surface area contributed by atoms with E-state index in [1.807, 2.05) is 0 Å². The van der Waals surface area contributed by atoms with Gasteiger partial charge in [-0.2, -0.15) is 0 Å². The molecule has 0 unspecified atom stereocenters. The molecule has 0 heterocycles. The molecule has 0 amide bonds. The van der Waals surface area contributed by atoms with Crippen LogP contribution < -0.4 is 0 Å². The second-order valence-electron chi connectivity index (χ2n) is 13.4. The van der Waals surface area contributed by atoms with E-state index in [1.165, 1.54) is 44.9 Å². The number of aliphatic hydroxyl groups is 1. The van der Waals surface area contributed by atoms with E-state index >= 15 is 0 Å². The van der Waals surface area contributed by atoms with Gasteiger partial charge in [0.25, 0.3) is 0 Å². The van der Waals surface area contributed by atoms with Crippen LogP contribution >= 0.6 is 0 Å². The standard InChI is InChI=1S/C31H52O5/c1-30-18-17-23(32)20-22(30)13-14-24-25-15-16-27(33)31(25,2)21-26(29(24)30)36-19-11-9-7-5-3-4-6-8-10-12-28(34)35/h22,24-27,29,33H,3-21H2,1-2H3,(H,34,35)/t22-,24-,25-,26-,27-,29+,30-,31-/m0/s1. The highest BCUT2D eigenvalue weighted by Gasteiger charge is 2.63. The molecule has 206 valence electrons. The molecule has 4 aliphatic carbocycles. The van der Waals surface area contributed by atoms with Gasteiger partial charge in [-0.25, -0.2) is 0 Å². The average molecular weight is 505 g/mol. The van der Waals surface area contributed by atoms with Gasteiger partial charge in [0, 0.05) is 25.9 Å². The Labute approximate surface area is 219 Å². The highest BCUT2D eigenvalue weighted by molar-refractivity contribution is 5.79. The van der Waals surface area contributed by atoms with E-state index in [9.17, 15) is 14.7 Å². The van der Waals surface area contributed by atoms with Gasteiger partial charge in [0.05, 0.1) is 12.2 Å². The number of unbranched alkanes of at least 4 members (excludes halogenated alkanes) is 8. The first-order chi connectivity index (χ1) is 17.3. The fraction of sp³-hybridized carbons (Fsp3) is 0.935. The average Bonchev–Trinajstić information content (AvgIpc) is 3.13. The number of hydrogen-bond acceptors (Lipinski definition) is 4. The largest absolute Gasteiger partial charge is 0.481 e. The van der Waals surface area contributed by atoms with Gasteiger partial charge in [0.2, 0.25) is 0 Å². The molecule has 4 rings (SSSR count). The van der Waals surface area contributed by atoms with Crippen molar-refractivity contribution >= 4 is 11.8 Å². The Hall–Kier alpha value is -0.940. The van der Waals surface area contributed by atoms with Crippen LogP contribution in [-0.2, 0) is 14.3 Å². The molecule has 5 nitrogen and oxygen atoms in total. The second kappa shape index (κ2) is 12.3. The Morgan fingerprint density at radius 1 is 0.917 bits per heavy atom. The Balaban J connectivity index is 1.25. The quantitative estimate of drug-likeness (QED) is 0.265. The lowest BCUT2D eigenvalue weighted by Gasteiger charge is -2.62. The highest BCUT2D eigenvalue weighted by Crippen LogP contribution is 2.66. The molecule has 0 spiro atoms. The van der Waals surface area contributed by atoms with Crippen molar-refractivity contribution in [2.75, 3.05) is 6.61 Å². The molecule has 0 aromatic heterocycles. The number of aliphatic hydroxyl groups excluding tert-OH is 1. The van der Waals surface area contributed by atoms with E-state index in [4.69, 9.17) is 9.84 Å². The molecule has 0 radical (unpaired) electrons. The highest BCUT2D eigenvalue weighted by atomic mass is 16.5. The molecule has 4 aliphatic rings. The van der Waals surface area contributed by atoms with Crippen molar-refractivity contribution in [1.82, 2.24) is 0 Å². The monoisotopic (exact) mass is 504 g/mol. The number of fused-ring (bicyclic) bond motifs is 5. The van der Waals surface area contributed by atoms with Gasteiger partial charge in [-0.05, 0) is 85.9 Å². The minimum absolute atomic E-state index is 0.00994. The van der Waals surface area contributed by atoms with Crippen LogP contribution in [0.3, 0.4) is 0 Å². The molecule has 0 aliphatic heterocycles. The summed E-state index contributed by atoms with van der Waals surface area (Å²) in [5.41, 5.74) is 0.199. The fourth-order valence-electron chi connectivity index (χ4n) is 9.12. The number of hydrogen-bond donors (Lipinski definition) is 2. The number of aliphatic carboxylic acids is 1. The van der Waals surface area contributed by atoms with Crippen LogP contribution in [0.15, 0.2) is 0 Å². The minimum Gasteiger partial charge on any atom is -0.481 e. The van der Waals surface area contributed by atoms with Gasteiger partial charge in [-0.15, -0.1) is 0 Å². The summed E-state index contributed by atoms with van der Waals surface area (Å²) in [5.74, 6) is 2.08. The third kappa shape index (κ3) is 6.03. The van der Waals surface area contributed by atoms with E-state index in [0.29, 0.717) is 35.9 Å². The Morgan fingerprint density at radius 3 is 2.28 bits per heavy atom. The summed E-state index contributed by atoms with van der Waals surface area (Å²) in [5, 5.41) is 19.7. The molecule has 2 N–H and O–H groups in total. The van der Waals surface area contributed by atoms with Crippen LogP contribution in [-0.4, -0.2) is 40.8 Å². The predicted octanol–water partition coefficient (Wildman–Crippen LogP) is 6.94. The lowest BCUT2D eigenvalue weighted by molar-refractivity contribution is -0.192. The van der Waals surface area contributed by atoms with Crippen molar-refractivity contribution < 1.29 is 24.5 Å². The predicted molar refractivity (Wildman–Crippen MR) is 142 cm³/mol. The van der Waals surface area contributed by atoms with Gasteiger partial charge >= 0.3 is 5.97 Å². The molecule has 5 heteroatoms. The molecule has 8 atom stereocenters. The third-order valence-corrected chi connectivity index (χ3v) is 11.2. The minimum atomic E-state index is -0.680. The van der Waals surface area contributed by atoms with Crippen LogP contribution in [0, 0.1) is 34.5 Å². The number of carboxylic acids is 1. The van der Waals surface area contributed by atoms with E-state index in [-0.39, 0.29) is 23.0 Å². The van der Waals surface area contributed by atoms with Crippen LogP contribution in [0.5, 0.6) is 0 Å². The molecule has 0 saturated heterocycles. The van der Waals surface area contributed by atoms with Crippen LogP contribution in [0.2, 0.25) is 0 Å². The lowest BCUT2D eigenvalue weighted by atomic mass is 9.44. The van der Waals surface area contributed by atoms with Crippen LogP contribution in [0.1, 0.15) is 129 Å². The number of ether oxygens (including phenoxy) is 1. The zero-order valence-corrected chi connectivity index (χ0v) is 23.0. The molecular formula is C31H52O5. The maximum Gasteiger partial charge on any atom is 0.303 e. The van der Waals surface area contributed by atoms with Crippen molar-refractivity contribution in [2.45, 2.75) is 142 Å². The normalized spacial score (nSPS) is 39.9.